The van der Waals surface area contributed by atoms with E-state index in [0.717, 1.165) is 13.0 Å². The molecule has 0 atom stereocenters. The van der Waals surface area contributed by atoms with Crippen LogP contribution in [0, 0.1) is 0 Å². The summed E-state index contributed by atoms with van der Waals surface area (Å²) in [4.78, 5) is 0. The normalized spacial score (nSPS) is 11.4. The van der Waals surface area contributed by atoms with Crippen LogP contribution in [-0.2, 0) is 10.8 Å². The van der Waals surface area contributed by atoms with Crippen LogP contribution in [0.2, 0.25) is 19.6 Å². The quantitative estimate of drug-likeness (QED) is 0.747. The molecule has 0 heterocycles. The molecule has 1 nitrogen and oxygen atoms in total. The van der Waals surface area contributed by atoms with Crippen molar-refractivity contribution in [3.05, 3.63) is 35.4 Å². The first kappa shape index (κ1) is 18.0. The van der Waals surface area contributed by atoms with Crippen molar-refractivity contribution in [1.29, 1.82) is 0 Å². The van der Waals surface area contributed by atoms with Crippen molar-refractivity contribution in [2.45, 2.75) is 45.8 Å². The molecule has 0 amide bonds. The van der Waals surface area contributed by atoms with Crippen LogP contribution in [0.3, 0.4) is 0 Å². The van der Waals surface area contributed by atoms with Gasteiger partial charge >= 0.3 is 51.4 Å². The van der Waals surface area contributed by atoms with Gasteiger partial charge in [-0.3, -0.25) is 0 Å². The van der Waals surface area contributed by atoms with E-state index in [0.29, 0.717) is 5.92 Å². The van der Waals surface area contributed by atoms with Crippen LogP contribution >= 0.6 is 0 Å². The fourth-order valence-electron chi connectivity index (χ4n) is 1.54. The first-order chi connectivity index (χ1) is 7.38. The molecule has 1 aromatic rings. The van der Waals surface area contributed by atoms with Gasteiger partial charge in [-0.05, 0) is 43.1 Å². The molecule has 1 rings (SSSR count). The zero-order valence-corrected chi connectivity index (χ0v) is 12.2. The topological polar surface area (TPSA) is 9.23 Å². The average Bonchev–Trinajstić information content (AvgIpc) is 2.16. The first-order valence-corrected chi connectivity index (χ1v) is 9.52. The Morgan fingerprint density at radius 1 is 1.06 bits per heavy atom. The predicted octanol–water partition coefficient (Wildman–Crippen LogP) is 3.56. The van der Waals surface area contributed by atoms with Gasteiger partial charge in [0, 0.05) is 6.61 Å². The summed E-state index contributed by atoms with van der Waals surface area (Å²) < 4.78 is 5.85. The summed E-state index contributed by atoms with van der Waals surface area (Å²) in [5.74, 6) is 0.618. The van der Waals surface area contributed by atoms with Crippen LogP contribution in [0.4, 0.5) is 0 Å². The molecule has 0 aliphatic heterocycles. The van der Waals surface area contributed by atoms with Crippen molar-refractivity contribution < 1.29 is 4.43 Å². The van der Waals surface area contributed by atoms with Crippen molar-refractivity contribution in [1.82, 2.24) is 0 Å². The summed E-state index contributed by atoms with van der Waals surface area (Å²) in [6.45, 7) is 12.0. The minimum atomic E-state index is -1.34. The molecule has 0 aliphatic carbocycles. The molecule has 0 spiro atoms. The standard InChI is InChI=1S/C14H24OSi.K.H/c1-12(2)14-8-6-13(7-9-14)10-11-15-16(3,4)5;;/h6-9,12H,10-11H2,1-5H3;;. The Labute approximate surface area is 150 Å². The Morgan fingerprint density at radius 3 is 2.00 bits per heavy atom. The van der Waals surface area contributed by atoms with E-state index in [1.165, 1.54) is 11.1 Å². The average molecular weight is 277 g/mol. The summed E-state index contributed by atoms with van der Waals surface area (Å²) in [5, 5.41) is 0. The number of benzene rings is 1. The molecule has 0 saturated heterocycles. The number of hydrogen-bond acceptors (Lipinski definition) is 1. The second-order valence-corrected chi connectivity index (χ2v) is 10.1. The number of hydrogen-bond donors (Lipinski definition) is 0. The Bertz CT molecular complexity index is 314. The molecule has 0 fully saturated rings. The van der Waals surface area contributed by atoms with Crippen molar-refractivity contribution >= 4 is 59.7 Å². The van der Waals surface area contributed by atoms with Gasteiger partial charge in [-0.2, -0.15) is 0 Å². The third-order valence-electron chi connectivity index (χ3n) is 2.57. The minimum absolute atomic E-state index is 0. The molecule has 0 aliphatic rings. The molecule has 1 aromatic carbocycles. The monoisotopic (exact) mass is 276 g/mol. The first-order valence-electron chi connectivity index (χ1n) is 6.11. The van der Waals surface area contributed by atoms with Gasteiger partial charge in [0.1, 0.15) is 0 Å². The molecule has 92 valence electrons. The Hall–Kier alpha value is 1.03. The molecule has 17 heavy (non-hydrogen) atoms. The van der Waals surface area contributed by atoms with Crippen LogP contribution in [-0.4, -0.2) is 66.3 Å². The Balaban J connectivity index is 0.00000256. The van der Waals surface area contributed by atoms with Crippen molar-refractivity contribution in [2.24, 2.45) is 0 Å². The second-order valence-electron chi connectivity index (χ2n) is 5.61. The van der Waals surface area contributed by atoms with E-state index in [4.69, 9.17) is 4.43 Å². The van der Waals surface area contributed by atoms with Gasteiger partial charge in [0.15, 0.2) is 8.32 Å². The van der Waals surface area contributed by atoms with Crippen LogP contribution in [0.1, 0.15) is 30.9 Å². The SMILES string of the molecule is CC(C)c1ccc(CCO[Si](C)(C)C)cc1.[KH]. The van der Waals surface area contributed by atoms with E-state index in [1.807, 2.05) is 0 Å². The van der Waals surface area contributed by atoms with Gasteiger partial charge in [-0.25, -0.2) is 0 Å². The molecule has 0 unspecified atom stereocenters. The van der Waals surface area contributed by atoms with Gasteiger partial charge in [-0.15, -0.1) is 0 Å². The summed E-state index contributed by atoms with van der Waals surface area (Å²) in [6.07, 6.45) is 1.03. The van der Waals surface area contributed by atoms with Gasteiger partial charge < -0.3 is 4.43 Å². The zero-order chi connectivity index (χ0) is 12.2. The summed E-state index contributed by atoms with van der Waals surface area (Å²) in [7, 11) is -1.34. The van der Waals surface area contributed by atoms with E-state index in [1.54, 1.807) is 0 Å². The van der Waals surface area contributed by atoms with E-state index in [9.17, 15) is 0 Å². The summed E-state index contributed by atoms with van der Waals surface area (Å²) in [6, 6.07) is 8.91. The maximum absolute atomic E-state index is 5.85. The van der Waals surface area contributed by atoms with Crippen molar-refractivity contribution in [3.63, 3.8) is 0 Å². The second kappa shape index (κ2) is 8.25. The molecular formula is C14H25KOSi. The zero-order valence-electron chi connectivity index (χ0n) is 11.2. The number of rotatable bonds is 5. The molecule has 0 N–H and O–H groups in total. The van der Waals surface area contributed by atoms with E-state index in [-0.39, 0.29) is 51.4 Å². The fourth-order valence-corrected chi connectivity index (χ4v) is 2.26. The molecule has 0 aromatic heterocycles. The van der Waals surface area contributed by atoms with Gasteiger partial charge in [0.05, 0.1) is 0 Å². The molecule has 0 radical (unpaired) electrons. The van der Waals surface area contributed by atoms with Crippen LogP contribution < -0.4 is 0 Å². The van der Waals surface area contributed by atoms with E-state index in [2.05, 4.69) is 57.8 Å². The van der Waals surface area contributed by atoms with Crippen molar-refractivity contribution in [3.8, 4) is 0 Å². The van der Waals surface area contributed by atoms with Crippen LogP contribution in [0.25, 0.3) is 0 Å². The predicted molar refractivity (Wildman–Crippen MR) is 80.7 cm³/mol. The van der Waals surface area contributed by atoms with Crippen LogP contribution in [0.5, 0.6) is 0 Å². The van der Waals surface area contributed by atoms with Gasteiger partial charge in [0.25, 0.3) is 0 Å². The summed E-state index contributed by atoms with van der Waals surface area (Å²) >= 11 is 0. The molecule has 0 saturated carbocycles. The third-order valence-corrected chi connectivity index (χ3v) is 3.64. The Morgan fingerprint density at radius 2 is 1.59 bits per heavy atom. The molecule has 3 heteroatoms. The van der Waals surface area contributed by atoms with Gasteiger partial charge in [-0.1, -0.05) is 38.1 Å². The fraction of sp³-hybridized carbons (Fsp3) is 0.571. The molecule has 0 bridgehead atoms. The van der Waals surface area contributed by atoms with E-state index >= 15 is 0 Å². The van der Waals surface area contributed by atoms with Crippen LogP contribution in [0.15, 0.2) is 24.3 Å². The third kappa shape index (κ3) is 7.93. The van der Waals surface area contributed by atoms with Gasteiger partial charge in [0.2, 0.25) is 0 Å². The molecular weight excluding hydrogens is 251 g/mol. The van der Waals surface area contributed by atoms with Crippen molar-refractivity contribution in [2.75, 3.05) is 6.61 Å². The maximum atomic E-state index is 5.85. The summed E-state index contributed by atoms with van der Waals surface area (Å²) in [5.41, 5.74) is 2.79. The Kier molecular flexibility index (Phi) is 8.75. The van der Waals surface area contributed by atoms with E-state index < -0.39 is 8.32 Å².